The van der Waals surface area contributed by atoms with Gasteiger partial charge in [0.1, 0.15) is 23.0 Å². The van der Waals surface area contributed by atoms with Gasteiger partial charge in [-0.15, -0.1) is 5.10 Å². The predicted molar refractivity (Wildman–Crippen MR) is 150 cm³/mol. The number of tetrazole rings is 1. The average molecular weight is 574 g/mol. The number of nitrogens with zero attached hydrogens (tertiary/aromatic N) is 5. The van der Waals surface area contributed by atoms with Gasteiger partial charge in [0.15, 0.2) is 0 Å². The van der Waals surface area contributed by atoms with Crippen molar-refractivity contribution < 1.29 is 14.7 Å². The second-order valence-corrected chi connectivity index (χ2v) is 9.52. The van der Waals surface area contributed by atoms with Crippen molar-refractivity contribution in [1.29, 1.82) is 0 Å². The van der Waals surface area contributed by atoms with Crippen LogP contribution in [0.2, 0.25) is 10.2 Å². The van der Waals surface area contributed by atoms with Gasteiger partial charge in [-0.05, 0) is 58.8 Å². The average Bonchev–Trinajstić information content (AvgIpc) is 3.62. The molecule has 0 unspecified atom stereocenters. The number of benzene rings is 3. The number of aromatic nitrogens is 6. The molecule has 1 atom stereocenters. The van der Waals surface area contributed by atoms with Gasteiger partial charge >= 0.3 is 5.97 Å². The van der Waals surface area contributed by atoms with Gasteiger partial charge in [0, 0.05) is 22.2 Å². The molecule has 2 aromatic heterocycles. The van der Waals surface area contributed by atoms with E-state index in [1.807, 2.05) is 30.3 Å². The van der Waals surface area contributed by atoms with E-state index >= 15 is 0 Å². The van der Waals surface area contributed by atoms with Gasteiger partial charge in [-0.2, -0.15) is 4.68 Å². The van der Waals surface area contributed by atoms with Gasteiger partial charge in [0.05, 0.1) is 17.3 Å². The molecule has 3 aromatic carbocycles. The first kappa shape index (κ1) is 26.8. The smallest absolute Gasteiger partial charge is 0.335 e. The van der Waals surface area contributed by atoms with E-state index in [9.17, 15) is 14.7 Å². The highest BCUT2D eigenvalue weighted by Gasteiger charge is 2.21. The molecule has 3 N–H and O–H groups in total. The number of aromatic carboxylic acids is 1. The number of aromatic amines is 1. The Morgan fingerprint density at radius 1 is 1.05 bits per heavy atom. The van der Waals surface area contributed by atoms with Crippen LogP contribution in [0.4, 0.5) is 0 Å². The van der Waals surface area contributed by atoms with Crippen LogP contribution >= 0.6 is 23.2 Å². The molecule has 10 nitrogen and oxygen atoms in total. The Morgan fingerprint density at radius 2 is 1.82 bits per heavy atom. The van der Waals surface area contributed by atoms with Crippen LogP contribution in [0.25, 0.3) is 23.0 Å². The SMILES string of the molecule is O=C(C=Cc1cc(Cl)ccc1-n1cnnn1)N[C@@H](Cc1ccccc1)c1nc(-c2ccc(C(=O)O)cc2)c(Cl)[nH]1. The maximum atomic E-state index is 13.1. The highest BCUT2D eigenvalue weighted by atomic mass is 35.5. The lowest BCUT2D eigenvalue weighted by molar-refractivity contribution is -0.117. The zero-order valence-electron chi connectivity index (χ0n) is 20.7. The van der Waals surface area contributed by atoms with Crippen LogP contribution < -0.4 is 5.32 Å². The van der Waals surface area contributed by atoms with Gasteiger partial charge in [-0.1, -0.05) is 65.7 Å². The van der Waals surface area contributed by atoms with Crippen molar-refractivity contribution in [3.05, 3.63) is 118 Å². The molecular weight excluding hydrogens is 553 g/mol. The van der Waals surface area contributed by atoms with Crippen LogP contribution in [0.5, 0.6) is 0 Å². The van der Waals surface area contributed by atoms with Crippen LogP contribution in [-0.2, 0) is 11.2 Å². The molecule has 0 aliphatic heterocycles. The van der Waals surface area contributed by atoms with Crippen molar-refractivity contribution in [2.45, 2.75) is 12.5 Å². The Labute approximate surface area is 238 Å². The number of carbonyl (C=O) groups excluding carboxylic acids is 1. The summed E-state index contributed by atoms with van der Waals surface area (Å²) in [6.45, 7) is 0. The number of hydrogen-bond donors (Lipinski definition) is 3. The van der Waals surface area contributed by atoms with Crippen LogP contribution in [-0.4, -0.2) is 47.2 Å². The van der Waals surface area contributed by atoms with Gasteiger partial charge in [0.25, 0.3) is 0 Å². The van der Waals surface area contributed by atoms with Crippen LogP contribution in [0, 0.1) is 0 Å². The number of carboxylic acids is 1. The molecule has 0 saturated carbocycles. The second kappa shape index (κ2) is 11.9. The molecule has 0 bridgehead atoms. The third-order valence-electron chi connectivity index (χ3n) is 6.01. The minimum Gasteiger partial charge on any atom is -0.478 e. The third kappa shape index (κ3) is 6.25. The first-order valence-electron chi connectivity index (χ1n) is 12.0. The van der Waals surface area contributed by atoms with E-state index in [0.29, 0.717) is 39.8 Å². The minimum atomic E-state index is -1.03. The van der Waals surface area contributed by atoms with Gasteiger partial charge in [-0.3, -0.25) is 4.79 Å². The summed E-state index contributed by atoms with van der Waals surface area (Å²) in [5.74, 6) is -0.949. The number of halogens is 2. The molecule has 0 fully saturated rings. The molecule has 0 aliphatic rings. The molecule has 200 valence electrons. The minimum absolute atomic E-state index is 0.152. The number of carbonyl (C=O) groups is 2. The maximum Gasteiger partial charge on any atom is 0.335 e. The predicted octanol–water partition coefficient (Wildman–Crippen LogP) is 5.17. The van der Waals surface area contributed by atoms with Gasteiger partial charge in [-0.25, -0.2) is 9.78 Å². The van der Waals surface area contributed by atoms with Gasteiger partial charge < -0.3 is 15.4 Å². The summed E-state index contributed by atoms with van der Waals surface area (Å²) in [5.41, 5.74) is 3.50. The molecule has 0 saturated heterocycles. The van der Waals surface area contributed by atoms with E-state index in [1.54, 1.807) is 36.4 Å². The Hall–Kier alpha value is -4.80. The van der Waals surface area contributed by atoms with E-state index in [4.69, 9.17) is 23.2 Å². The van der Waals surface area contributed by atoms with Crippen molar-refractivity contribution >= 4 is 41.2 Å². The molecule has 1 amide bonds. The van der Waals surface area contributed by atoms with Crippen LogP contribution in [0.15, 0.2) is 85.2 Å². The lowest BCUT2D eigenvalue weighted by atomic mass is 10.1. The van der Waals surface area contributed by atoms with E-state index in [2.05, 4.69) is 30.8 Å². The summed E-state index contributed by atoms with van der Waals surface area (Å²) < 4.78 is 1.47. The van der Waals surface area contributed by atoms with E-state index in [-0.39, 0.29) is 16.6 Å². The van der Waals surface area contributed by atoms with E-state index < -0.39 is 12.0 Å². The Balaban J connectivity index is 1.42. The highest BCUT2D eigenvalue weighted by Crippen LogP contribution is 2.29. The summed E-state index contributed by atoms with van der Waals surface area (Å²) in [6.07, 6.45) is 4.91. The molecule has 0 radical (unpaired) electrons. The number of hydrogen-bond acceptors (Lipinski definition) is 6. The van der Waals surface area contributed by atoms with Crippen molar-refractivity contribution in [3.63, 3.8) is 0 Å². The molecule has 2 heterocycles. The summed E-state index contributed by atoms with van der Waals surface area (Å²) >= 11 is 12.7. The summed E-state index contributed by atoms with van der Waals surface area (Å²) in [6, 6.07) is 20.5. The lowest BCUT2D eigenvalue weighted by Gasteiger charge is -2.16. The van der Waals surface area contributed by atoms with Gasteiger partial charge in [0.2, 0.25) is 5.91 Å². The van der Waals surface area contributed by atoms with Crippen molar-refractivity contribution in [3.8, 4) is 16.9 Å². The molecule has 0 spiro atoms. The highest BCUT2D eigenvalue weighted by molar-refractivity contribution is 6.32. The van der Waals surface area contributed by atoms with Crippen molar-refractivity contribution in [1.82, 2.24) is 35.5 Å². The van der Waals surface area contributed by atoms with Crippen molar-refractivity contribution in [2.75, 3.05) is 0 Å². The largest absolute Gasteiger partial charge is 0.478 e. The fraction of sp³-hybridized carbons (Fsp3) is 0.0714. The standard InChI is InChI=1S/C28H21Cl2N7O3/c29-21-11-12-23(37-16-31-35-36-37)20(15-21)10-13-24(38)32-22(14-17-4-2-1-3-5-17)27-33-25(26(30)34-27)18-6-8-19(9-7-18)28(39)40/h1-13,15-16,22H,14H2,(H,32,38)(H,33,34)(H,39,40)/t22-/m0/s1. The van der Waals surface area contributed by atoms with E-state index in [1.165, 1.54) is 29.2 Å². The van der Waals surface area contributed by atoms with Crippen LogP contribution in [0.3, 0.4) is 0 Å². The Kier molecular flexibility index (Phi) is 7.99. The number of imidazole rings is 1. The summed E-state index contributed by atoms with van der Waals surface area (Å²) in [4.78, 5) is 32.1. The zero-order chi connectivity index (χ0) is 28.1. The number of H-pyrrole nitrogens is 1. The normalized spacial score (nSPS) is 11.9. The number of carboxylic acid groups (broad SMARTS) is 1. The molecule has 5 rings (SSSR count). The first-order chi connectivity index (χ1) is 19.4. The quantitative estimate of drug-likeness (QED) is 0.207. The van der Waals surface area contributed by atoms with Crippen molar-refractivity contribution in [2.24, 2.45) is 0 Å². The monoisotopic (exact) mass is 573 g/mol. The van der Waals surface area contributed by atoms with Crippen LogP contribution in [0.1, 0.15) is 33.4 Å². The molecule has 5 aromatic rings. The molecule has 40 heavy (non-hydrogen) atoms. The number of amides is 1. The maximum absolute atomic E-state index is 13.1. The fourth-order valence-electron chi connectivity index (χ4n) is 4.09. The summed E-state index contributed by atoms with van der Waals surface area (Å²) in [7, 11) is 0. The second-order valence-electron chi connectivity index (χ2n) is 8.71. The Morgan fingerprint density at radius 3 is 2.52 bits per heavy atom. The first-order valence-corrected chi connectivity index (χ1v) is 12.8. The lowest BCUT2D eigenvalue weighted by Crippen LogP contribution is -2.29. The topological polar surface area (TPSA) is 139 Å². The molecule has 12 heteroatoms. The number of rotatable bonds is 9. The number of nitrogens with one attached hydrogen (secondary N) is 2. The summed E-state index contributed by atoms with van der Waals surface area (Å²) in [5, 5.41) is 24.2. The zero-order valence-corrected chi connectivity index (χ0v) is 22.2. The molecule has 0 aliphatic carbocycles. The third-order valence-corrected chi connectivity index (χ3v) is 6.52. The fourth-order valence-corrected chi connectivity index (χ4v) is 4.52. The van der Waals surface area contributed by atoms with E-state index in [0.717, 1.165) is 5.56 Å². The Bertz CT molecular complexity index is 1670. The molecular formula is C28H21Cl2N7O3.